The minimum atomic E-state index is -1.61. The molecule has 0 aromatic heterocycles. The predicted molar refractivity (Wildman–Crippen MR) is 182 cm³/mol. The van der Waals surface area contributed by atoms with Crippen molar-refractivity contribution in [3.63, 3.8) is 0 Å². The number of aliphatic hydroxyl groups excluding tert-OH is 6. The van der Waals surface area contributed by atoms with Crippen LogP contribution < -0.4 is 0 Å². The normalized spacial score (nSPS) is 58.4. The summed E-state index contributed by atoms with van der Waals surface area (Å²) < 4.78 is 37.6. The van der Waals surface area contributed by atoms with E-state index in [-0.39, 0.29) is 23.0 Å². The third-order valence-electron chi connectivity index (χ3n) is 15.6. The van der Waals surface area contributed by atoms with Crippen LogP contribution in [-0.2, 0) is 28.4 Å². The number of hydrogen-bond acceptors (Lipinski definition) is 12. The average molecular weight is 723 g/mol. The van der Waals surface area contributed by atoms with E-state index in [9.17, 15) is 30.6 Å². The third kappa shape index (κ3) is 5.84. The largest absolute Gasteiger partial charge is 0.394 e. The molecule has 3 saturated carbocycles. The fourth-order valence-corrected chi connectivity index (χ4v) is 12.5. The van der Waals surface area contributed by atoms with Crippen LogP contribution in [0.3, 0.4) is 0 Å². The molecule has 290 valence electrons. The molecule has 0 unspecified atom stereocenters. The van der Waals surface area contributed by atoms with Crippen molar-refractivity contribution < 1.29 is 59.1 Å². The maximum Gasteiger partial charge on any atom is 0.187 e. The Labute approximate surface area is 301 Å². The molecule has 6 N–H and O–H groups in total. The van der Waals surface area contributed by atoms with E-state index in [4.69, 9.17) is 28.4 Å². The van der Waals surface area contributed by atoms with Gasteiger partial charge in [0.2, 0.25) is 0 Å². The molecule has 7 fully saturated rings. The first-order valence-corrected chi connectivity index (χ1v) is 19.8. The number of allylic oxidation sites excluding steroid dienone is 1. The van der Waals surface area contributed by atoms with Gasteiger partial charge in [-0.15, -0.1) is 0 Å². The summed E-state index contributed by atoms with van der Waals surface area (Å²) in [6.07, 6.45) is -1.68. The zero-order valence-corrected chi connectivity index (χ0v) is 30.9. The van der Waals surface area contributed by atoms with Crippen LogP contribution in [0.15, 0.2) is 11.6 Å². The Morgan fingerprint density at radius 2 is 1.61 bits per heavy atom. The Kier molecular flexibility index (Phi) is 9.83. The zero-order valence-electron chi connectivity index (χ0n) is 30.9. The van der Waals surface area contributed by atoms with Crippen molar-refractivity contribution in [3.8, 4) is 0 Å². The molecule has 0 radical (unpaired) electrons. The van der Waals surface area contributed by atoms with Crippen LogP contribution in [0.4, 0.5) is 0 Å². The van der Waals surface area contributed by atoms with Gasteiger partial charge < -0.3 is 59.1 Å². The quantitative estimate of drug-likeness (QED) is 0.229. The third-order valence-corrected chi connectivity index (χ3v) is 15.6. The molecule has 8 aliphatic rings. The highest BCUT2D eigenvalue weighted by Crippen LogP contribution is 2.70. The lowest BCUT2D eigenvalue weighted by Crippen LogP contribution is -2.64. The molecule has 51 heavy (non-hydrogen) atoms. The Balaban J connectivity index is 0.964. The van der Waals surface area contributed by atoms with Gasteiger partial charge in [-0.3, -0.25) is 0 Å². The number of hydrogen-bond donors (Lipinski definition) is 6. The highest BCUT2D eigenvalue weighted by molar-refractivity contribution is 5.26. The van der Waals surface area contributed by atoms with Gasteiger partial charge in [0.05, 0.1) is 31.5 Å². The first-order valence-electron chi connectivity index (χ1n) is 19.8. The molecule has 0 aromatic rings. The van der Waals surface area contributed by atoms with E-state index >= 15 is 0 Å². The van der Waals surface area contributed by atoms with Gasteiger partial charge in [-0.2, -0.15) is 0 Å². The summed E-state index contributed by atoms with van der Waals surface area (Å²) >= 11 is 0. The summed E-state index contributed by atoms with van der Waals surface area (Å²) in [7, 11) is 0. The van der Waals surface area contributed by atoms with E-state index in [0.717, 1.165) is 38.7 Å². The van der Waals surface area contributed by atoms with Crippen molar-refractivity contribution >= 4 is 0 Å². The Morgan fingerprint density at radius 3 is 2.33 bits per heavy atom. The molecular weight excluding hydrogens is 660 g/mol. The summed E-state index contributed by atoms with van der Waals surface area (Å²) in [5, 5.41) is 62.9. The van der Waals surface area contributed by atoms with E-state index in [1.54, 1.807) is 0 Å². The Bertz CT molecular complexity index is 1300. The fourth-order valence-electron chi connectivity index (χ4n) is 12.5. The molecule has 4 aliphatic heterocycles. The maximum atomic E-state index is 11.1. The monoisotopic (exact) mass is 722 g/mol. The lowest BCUT2D eigenvalue weighted by molar-refractivity contribution is -0.369. The summed E-state index contributed by atoms with van der Waals surface area (Å²) in [5.41, 5.74) is 1.70. The minimum absolute atomic E-state index is 0.0535. The number of rotatable bonds is 5. The van der Waals surface area contributed by atoms with Gasteiger partial charge in [0.25, 0.3) is 0 Å². The summed E-state index contributed by atoms with van der Waals surface area (Å²) in [6, 6.07) is 0. The van der Waals surface area contributed by atoms with E-state index in [0.29, 0.717) is 41.9 Å². The Hall–Kier alpha value is -0.740. The SMILES string of the molecule is C[C@@H]1CC[C@@]2(OC1)O[C@H]1C[C@H]3[C@@H]4CC=C5C[C@@H](O[C@@H]6O[C@H](CO)[C@@H](O)[C@H](O)[C@H]6O[C@H]6O[C@@H](C)[C@@H](O)[C@@H](O)[C@@H]6O)CC[C@]5(C)[C@H]4CC[C@]3(C)[C@H]1[C@@H]2C. The van der Waals surface area contributed by atoms with Crippen LogP contribution in [0.5, 0.6) is 0 Å². The van der Waals surface area contributed by atoms with Crippen molar-refractivity contribution in [1.82, 2.24) is 0 Å². The Morgan fingerprint density at radius 1 is 0.824 bits per heavy atom. The summed E-state index contributed by atoms with van der Waals surface area (Å²) in [6.45, 7) is 11.5. The van der Waals surface area contributed by atoms with Crippen LogP contribution >= 0.6 is 0 Å². The van der Waals surface area contributed by atoms with E-state index < -0.39 is 73.8 Å². The standard InChI is InChI=1S/C39H62O12/c1-18-8-13-39(46-17-18)19(2)28-26(51-39)15-25-23-7-6-21-14-22(9-11-37(21,4)24(23)10-12-38(25,28)5)48-36-34(32(44)30(42)27(16-40)49-36)50-35-33(45)31(43)29(41)20(3)47-35/h6,18-20,22-36,40-45H,7-17H2,1-5H3/t18-,19+,20+,22+,23-,24+,25+,26+,27-,28+,29-,30-,31-,32+,33+,34-,35-,36-,37+,38+,39-/m1/s1. The van der Waals surface area contributed by atoms with Crippen molar-refractivity contribution in [2.24, 2.45) is 46.3 Å². The van der Waals surface area contributed by atoms with E-state index in [1.165, 1.54) is 31.8 Å². The maximum absolute atomic E-state index is 11.1. The molecule has 4 aliphatic carbocycles. The molecule has 0 bridgehead atoms. The van der Waals surface area contributed by atoms with E-state index in [2.05, 4.69) is 33.8 Å². The molecule has 8 rings (SSSR count). The van der Waals surface area contributed by atoms with Gasteiger partial charge in [-0.1, -0.05) is 39.3 Å². The van der Waals surface area contributed by atoms with Crippen LogP contribution in [0.2, 0.25) is 0 Å². The lowest BCUT2D eigenvalue weighted by Gasteiger charge is -2.58. The second-order valence-electron chi connectivity index (χ2n) is 18.3. The molecule has 0 amide bonds. The van der Waals surface area contributed by atoms with Crippen LogP contribution in [0.25, 0.3) is 0 Å². The molecule has 0 aromatic carbocycles. The van der Waals surface area contributed by atoms with Gasteiger partial charge in [0, 0.05) is 12.3 Å². The fraction of sp³-hybridized carbons (Fsp3) is 0.949. The van der Waals surface area contributed by atoms with Crippen LogP contribution in [-0.4, -0.2) is 123 Å². The van der Waals surface area contributed by atoms with Gasteiger partial charge >= 0.3 is 0 Å². The second-order valence-corrected chi connectivity index (χ2v) is 18.3. The second kappa shape index (κ2) is 13.5. The van der Waals surface area contributed by atoms with Crippen LogP contribution in [0, 0.1) is 46.3 Å². The highest BCUT2D eigenvalue weighted by atomic mass is 16.8. The van der Waals surface area contributed by atoms with Gasteiger partial charge in [-0.05, 0) is 98.7 Å². The first kappa shape index (κ1) is 37.2. The van der Waals surface area contributed by atoms with E-state index in [1.807, 2.05) is 0 Å². The topological polar surface area (TPSA) is 177 Å². The van der Waals surface area contributed by atoms with Crippen LogP contribution in [0.1, 0.15) is 92.4 Å². The molecule has 1 spiro atoms. The molecule has 21 atom stereocenters. The van der Waals surface area contributed by atoms with Gasteiger partial charge in [-0.25, -0.2) is 0 Å². The minimum Gasteiger partial charge on any atom is -0.394 e. The number of aliphatic hydroxyl groups is 6. The average Bonchev–Trinajstić information content (AvgIpc) is 3.56. The molecule has 4 saturated heterocycles. The molecular formula is C39H62O12. The number of ether oxygens (including phenoxy) is 6. The summed E-state index contributed by atoms with van der Waals surface area (Å²) in [4.78, 5) is 0. The smallest absolute Gasteiger partial charge is 0.187 e. The van der Waals surface area contributed by atoms with Gasteiger partial charge in [0.15, 0.2) is 18.4 Å². The first-order chi connectivity index (χ1) is 24.2. The summed E-state index contributed by atoms with van der Waals surface area (Å²) in [5.74, 6) is 2.92. The predicted octanol–water partition coefficient (Wildman–Crippen LogP) is 2.39. The van der Waals surface area contributed by atoms with Crippen molar-refractivity contribution in [2.45, 2.75) is 172 Å². The van der Waals surface area contributed by atoms with Crippen molar-refractivity contribution in [3.05, 3.63) is 11.6 Å². The van der Waals surface area contributed by atoms with Crippen molar-refractivity contribution in [2.75, 3.05) is 13.2 Å². The number of fused-ring (bicyclic) bond motifs is 7. The highest BCUT2D eigenvalue weighted by Gasteiger charge is 2.68. The molecule has 12 heteroatoms. The zero-order chi connectivity index (χ0) is 36.2. The van der Waals surface area contributed by atoms with Gasteiger partial charge in [0.1, 0.15) is 42.7 Å². The van der Waals surface area contributed by atoms with Crippen molar-refractivity contribution in [1.29, 1.82) is 0 Å². The molecule has 4 heterocycles. The lowest BCUT2D eigenvalue weighted by atomic mass is 9.47. The molecule has 12 nitrogen and oxygen atoms in total.